The van der Waals surface area contributed by atoms with E-state index in [4.69, 9.17) is 0 Å². The van der Waals surface area contributed by atoms with Gasteiger partial charge >= 0.3 is 0 Å². The molecule has 5 heteroatoms. The Morgan fingerprint density at radius 3 is 2.48 bits per heavy atom. The number of rotatable bonds is 1. The van der Waals surface area contributed by atoms with Gasteiger partial charge in [-0.15, -0.1) is 0 Å². The maximum atomic E-state index is 13.7. The van der Waals surface area contributed by atoms with E-state index in [1.165, 1.54) is 0 Å². The van der Waals surface area contributed by atoms with Crippen molar-refractivity contribution in [1.82, 2.24) is 0 Å². The maximum Gasteiger partial charge on any atom is 0.153 e. The number of allylic oxidation sites excluding steroid dienone is 1. The summed E-state index contributed by atoms with van der Waals surface area (Å²) in [5.41, 5.74) is -2.58. The molecule has 3 unspecified atom stereocenters. The number of carbonyl (C=O) groups is 1. The topological polar surface area (TPSA) is 98.0 Å². The van der Waals surface area contributed by atoms with E-state index in [1.807, 2.05) is 6.92 Å². The summed E-state index contributed by atoms with van der Waals surface area (Å²) in [5, 5.41) is 43.0. The average Bonchev–Trinajstić information content (AvgIpc) is 3.05. The fourth-order valence-electron chi connectivity index (χ4n) is 6.43. The first-order valence-corrected chi connectivity index (χ1v) is 9.18. The lowest BCUT2D eigenvalue weighted by molar-refractivity contribution is -0.190. The normalized spacial score (nSPS) is 53.2. The Kier molecular flexibility index (Phi) is 3.36. The number of hydrogen-bond donors (Lipinski definition) is 4. The van der Waals surface area contributed by atoms with Crippen LogP contribution in [0.15, 0.2) is 23.3 Å². The van der Waals surface area contributed by atoms with Crippen LogP contribution < -0.4 is 0 Å². The van der Waals surface area contributed by atoms with Crippen molar-refractivity contribution in [2.75, 3.05) is 6.61 Å². The number of aliphatic hydroxyl groups excluding tert-OH is 3. The highest BCUT2D eigenvalue weighted by molar-refractivity contribution is 5.95. The van der Waals surface area contributed by atoms with Gasteiger partial charge in [0.2, 0.25) is 0 Å². The monoisotopic (exact) mass is 348 g/mol. The number of Topliss-reactive ketones (excluding diaryl/α,β-unsaturated/α-hetero) is 1. The van der Waals surface area contributed by atoms with Crippen LogP contribution >= 0.6 is 0 Å². The van der Waals surface area contributed by atoms with Gasteiger partial charge in [0, 0.05) is 5.92 Å². The molecule has 8 atom stereocenters. The zero-order valence-electron chi connectivity index (χ0n) is 15.2. The van der Waals surface area contributed by atoms with Crippen LogP contribution in [0.1, 0.15) is 34.1 Å². The number of hydrogen-bond acceptors (Lipinski definition) is 5. The molecule has 0 aliphatic heterocycles. The molecule has 2 bridgehead atoms. The van der Waals surface area contributed by atoms with Gasteiger partial charge in [-0.2, -0.15) is 0 Å². The minimum Gasteiger partial charge on any atom is -0.392 e. The number of aliphatic hydroxyl groups is 4. The van der Waals surface area contributed by atoms with E-state index < -0.39 is 35.7 Å². The molecular weight excluding hydrogens is 320 g/mol. The first kappa shape index (κ1) is 17.4. The van der Waals surface area contributed by atoms with Gasteiger partial charge in [0.15, 0.2) is 5.78 Å². The smallest absolute Gasteiger partial charge is 0.153 e. The van der Waals surface area contributed by atoms with Crippen molar-refractivity contribution < 1.29 is 25.2 Å². The molecular formula is C20H28O5. The fourth-order valence-corrected chi connectivity index (χ4v) is 6.43. The van der Waals surface area contributed by atoms with E-state index in [9.17, 15) is 25.2 Å². The molecule has 0 aromatic carbocycles. The minimum atomic E-state index is -2.03. The lowest BCUT2D eigenvalue weighted by Crippen LogP contribution is -2.65. The highest BCUT2D eigenvalue weighted by Gasteiger charge is 2.75. The first-order valence-electron chi connectivity index (χ1n) is 9.18. The van der Waals surface area contributed by atoms with Crippen LogP contribution in [-0.2, 0) is 4.79 Å². The van der Waals surface area contributed by atoms with Crippen molar-refractivity contribution in [2.45, 2.75) is 51.9 Å². The highest BCUT2D eigenvalue weighted by atomic mass is 16.4. The number of carbonyl (C=O) groups excluding carboxylic acids is 1. The van der Waals surface area contributed by atoms with Crippen molar-refractivity contribution in [3.05, 3.63) is 23.3 Å². The van der Waals surface area contributed by atoms with E-state index in [-0.39, 0.29) is 28.6 Å². The Hall–Kier alpha value is -1.01. The zero-order chi connectivity index (χ0) is 18.5. The Balaban J connectivity index is 1.99. The van der Waals surface area contributed by atoms with Gasteiger partial charge in [0.1, 0.15) is 17.8 Å². The van der Waals surface area contributed by atoms with E-state index in [0.717, 1.165) is 6.42 Å². The standard InChI is InChI=1S/C20H28O5/c1-9-7-19-10(2)5-13-14(18(13,3)4)12(17(19)24)6-11(8-21)16(23)20(19,25)15(9)22/h6-7,10,12-16,21-23,25H,5,8H2,1-4H3/t10-,12+,13?,14+,15+,16?,19+,20?/m1/s1. The quantitative estimate of drug-likeness (QED) is 0.526. The van der Waals surface area contributed by atoms with E-state index in [0.29, 0.717) is 11.5 Å². The molecule has 0 aromatic rings. The predicted molar refractivity (Wildman–Crippen MR) is 91.4 cm³/mol. The van der Waals surface area contributed by atoms with Crippen LogP contribution in [0.3, 0.4) is 0 Å². The van der Waals surface area contributed by atoms with Crippen LogP contribution in [0.25, 0.3) is 0 Å². The van der Waals surface area contributed by atoms with Crippen LogP contribution in [0, 0.1) is 34.5 Å². The van der Waals surface area contributed by atoms with Crippen molar-refractivity contribution in [2.24, 2.45) is 34.5 Å². The largest absolute Gasteiger partial charge is 0.392 e. The first-order chi connectivity index (χ1) is 11.5. The lowest BCUT2D eigenvalue weighted by Gasteiger charge is -2.48. The summed E-state index contributed by atoms with van der Waals surface area (Å²) in [7, 11) is 0. The van der Waals surface area contributed by atoms with Gasteiger partial charge in [-0.3, -0.25) is 4.79 Å². The summed E-state index contributed by atoms with van der Waals surface area (Å²) in [5.74, 6) is -0.288. The van der Waals surface area contributed by atoms with Crippen molar-refractivity contribution in [3.63, 3.8) is 0 Å². The van der Waals surface area contributed by atoms with E-state index in [2.05, 4.69) is 13.8 Å². The van der Waals surface area contributed by atoms with Gasteiger partial charge in [-0.05, 0) is 47.7 Å². The summed E-state index contributed by atoms with van der Waals surface area (Å²) in [4.78, 5) is 13.7. The summed E-state index contributed by atoms with van der Waals surface area (Å²) in [6, 6.07) is 0. The zero-order valence-corrected chi connectivity index (χ0v) is 15.2. The minimum absolute atomic E-state index is 0.0245. The molecule has 0 radical (unpaired) electrons. The molecule has 4 aliphatic carbocycles. The number of ketones is 1. The Bertz CT molecular complexity index is 707. The molecule has 1 spiro atoms. The van der Waals surface area contributed by atoms with Gasteiger partial charge in [-0.25, -0.2) is 0 Å². The molecule has 5 nitrogen and oxygen atoms in total. The maximum absolute atomic E-state index is 13.7. The fraction of sp³-hybridized carbons (Fsp3) is 0.750. The Morgan fingerprint density at radius 1 is 1.24 bits per heavy atom. The summed E-state index contributed by atoms with van der Waals surface area (Å²) >= 11 is 0. The molecule has 0 amide bonds. The van der Waals surface area contributed by atoms with E-state index >= 15 is 0 Å². The molecule has 138 valence electrons. The third-order valence-electron chi connectivity index (χ3n) is 7.93. The molecule has 4 aliphatic rings. The van der Waals surface area contributed by atoms with Gasteiger partial charge in [0.05, 0.1) is 12.0 Å². The molecule has 4 N–H and O–H groups in total. The number of fused-ring (bicyclic) bond motifs is 3. The van der Waals surface area contributed by atoms with E-state index in [1.54, 1.807) is 19.1 Å². The highest BCUT2D eigenvalue weighted by Crippen LogP contribution is 2.71. The molecule has 4 rings (SSSR count). The summed E-state index contributed by atoms with van der Waals surface area (Å²) < 4.78 is 0. The molecule has 2 saturated carbocycles. The van der Waals surface area contributed by atoms with Gasteiger partial charge in [-0.1, -0.05) is 32.9 Å². The third-order valence-corrected chi connectivity index (χ3v) is 7.93. The van der Waals surface area contributed by atoms with Crippen molar-refractivity contribution in [3.8, 4) is 0 Å². The van der Waals surface area contributed by atoms with Crippen LogP contribution in [0.2, 0.25) is 0 Å². The molecule has 0 heterocycles. The molecule has 25 heavy (non-hydrogen) atoms. The third kappa shape index (κ3) is 1.71. The molecule has 2 fully saturated rings. The second kappa shape index (κ2) is 4.83. The Labute approximate surface area is 148 Å². The lowest BCUT2D eigenvalue weighted by atomic mass is 9.59. The average molecular weight is 348 g/mol. The summed E-state index contributed by atoms with van der Waals surface area (Å²) in [6.45, 7) is 7.50. The summed E-state index contributed by atoms with van der Waals surface area (Å²) in [6.07, 6.45) is 1.34. The van der Waals surface area contributed by atoms with Crippen molar-refractivity contribution in [1.29, 1.82) is 0 Å². The molecule has 0 saturated heterocycles. The SMILES string of the molecule is CC1=C[C@]23C(=O)[C@@H](C=C(CO)C(O)C2(O)[C@H]1O)[C@H]1C(C[C@H]3C)C1(C)C. The van der Waals surface area contributed by atoms with Crippen LogP contribution in [-0.4, -0.2) is 50.6 Å². The molecule has 0 aromatic heterocycles. The second-order valence-electron chi connectivity index (χ2n) is 9.27. The predicted octanol–water partition coefficient (Wildman–Crippen LogP) is 0.815. The Morgan fingerprint density at radius 2 is 1.88 bits per heavy atom. The second-order valence-corrected chi connectivity index (χ2v) is 9.27. The van der Waals surface area contributed by atoms with Gasteiger partial charge in [0.25, 0.3) is 0 Å². The van der Waals surface area contributed by atoms with Gasteiger partial charge < -0.3 is 20.4 Å². The van der Waals surface area contributed by atoms with Crippen molar-refractivity contribution >= 4 is 5.78 Å². The van der Waals surface area contributed by atoms with Crippen LogP contribution in [0.5, 0.6) is 0 Å². The van der Waals surface area contributed by atoms with Crippen LogP contribution in [0.4, 0.5) is 0 Å².